The van der Waals surface area contributed by atoms with Gasteiger partial charge >= 0.3 is 0 Å². The van der Waals surface area contributed by atoms with E-state index in [4.69, 9.17) is 29.8 Å². The van der Waals surface area contributed by atoms with Crippen molar-refractivity contribution in [2.24, 2.45) is 0 Å². The topological polar surface area (TPSA) is 89.0 Å². The highest BCUT2D eigenvalue weighted by molar-refractivity contribution is 6.81. The largest absolute Gasteiger partial charge is 0.544 e. The Bertz CT molecular complexity index is 713. The van der Waals surface area contributed by atoms with Crippen molar-refractivity contribution in [2.75, 3.05) is 39.4 Å². The number of nitrogen functional groups attached to an aromatic ring is 2. The van der Waals surface area contributed by atoms with Crippen LogP contribution in [0, 0.1) is 0 Å². The molecule has 0 aliphatic rings. The Morgan fingerprint density at radius 3 is 2.19 bits per heavy atom. The molecule has 0 saturated carbocycles. The third kappa shape index (κ3) is 4.43. The average molecular weight is 377 g/mol. The summed E-state index contributed by atoms with van der Waals surface area (Å²) in [5.74, 6) is -1.02. The van der Waals surface area contributed by atoms with E-state index in [0.29, 0.717) is 24.0 Å². The average Bonchev–Trinajstić information content (AvgIpc) is 2.65. The van der Waals surface area contributed by atoms with Gasteiger partial charge in [0.15, 0.2) is 14.3 Å². The molecule has 7 heteroatoms. The van der Waals surface area contributed by atoms with Crippen molar-refractivity contribution in [1.29, 1.82) is 0 Å². The molecule has 0 amide bonds. The molecule has 26 heavy (non-hydrogen) atoms. The van der Waals surface area contributed by atoms with Crippen LogP contribution in [-0.4, -0.2) is 36.5 Å². The highest BCUT2D eigenvalue weighted by Gasteiger charge is 2.35. The van der Waals surface area contributed by atoms with Gasteiger partial charge in [0.25, 0.3) is 0 Å². The maximum absolute atomic E-state index is 6.61. The van der Waals surface area contributed by atoms with Crippen LogP contribution in [0.1, 0.15) is 12.5 Å². The van der Waals surface area contributed by atoms with E-state index < -0.39 is 14.3 Å². The van der Waals surface area contributed by atoms with E-state index >= 15 is 0 Å². The lowest BCUT2D eigenvalue weighted by molar-refractivity contribution is -0.173. The molecule has 6 nitrogen and oxygen atoms in total. The summed E-state index contributed by atoms with van der Waals surface area (Å²) in [6.45, 7) is 2.37. The Hall–Kier alpha value is -1.90. The van der Waals surface area contributed by atoms with Crippen molar-refractivity contribution < 1.29 is 18.3 Å². The summed E-state index contributed by atoms with van der Waals surface area (Å²) in [5.41, 5.74) is 13.9. The fourth-order valence-electron chi connectivity index (χ4n) is 2.84. The number of methoxy groups -OCH3 is 2. The summed E-state index contributed by atoms with van der Waals surface area (Å²) in [6.07, 6.45) is 0. The van der Waals surface area contributed by atoms with Crippen molar-refractivity contribution in [2.45, 2.75) is 18.8 Å². The lowest BCUT2D eigenvalue weighted by Crippen LogP contribution is -2.58. The van der Waals surface area contributed by atoms with Crippen LogP contribution in [0.4, 0.5) is 11.4 Å². The van der Waals surface area contributed by atoms with Gasteiger partial charge in [0.2, 0.25) is 0 Å². The SMILES string of the molecule is COCC[Si-](OC)(OC(C)(OC)c1cccc(N)c1)c1ccc(N)cc1. The van der Waals surface area contributed by atoms with Crippen molar-refractivity contribution in [3.05, 3.63) is 54.1 Å². The van der Waals surface area contributed by atoms with E-state index in [0.717, 1.165) is 10.8 Å². The Labute approximate surface area is 156 Å². The fraction of sp³-hybridized carbons (Fsp3) is 0.368. The number of hydrogen-bond acceptors (Lipinski definition) is 6. The second-order valence-corrected chi connectivity index (χ2v) is 9.39. The monoisotopic (exact) mass is 376 g/mol. The number of ether oxygens (including phenoxy) is 2. The normalized spacial score (nSPS) is 16.0. The maximum Gasteiger partial charge on any atom is 0.162 e. The standard InChI is InChI=1S/C19H28N2O4Si/c1-19(23-3,15-6-5-7-17(21)14-15)25-26(24-4,13-12-22-2)18-10-8-16(20)9-11-18/h5-11,14H,12-13,20-21H2,1-4H3/q-1. The van der Waals surface area contributed by atoms with Gasteiger partial charge in [-0.1, -0.05) is 30.3 Å². The Morgan fingerprint density at radius 2 is 1.65 bits per heavy atom. The zero-order chi connectivity index (χ0) is 19.2. The molecule has 4 N–H and O–H groups in total. The molecule has 0 aliphatic heterocycles. The molecule has 0 bridgehead atoms. The van der Waals surface area contributed by atoms with E-state index in [1.807, 2.05) is 55.5 Å². The molecule has 0 heterocycles. The van der Waals surface area contributed by atoms with Crippen molar-refractivity contribution in [3.8, 4) is 0 Å². The zero-order valence-electron chi connectivity index (χ0n) is 15.8. The number of anilines is 2. The molecule has 2 rings (SSSR count). The molecular weight excluding hydrogens is 348 g/mol. The van der Waals surface area contributed by atoms with Crippen molar-refractivity contribution >= 4 is 25.1 Å². The van der Waals surface area contributed by atoms with Crippen LogP contribution in [0.2, 0.25) is 6.04 Å². The van der Waals surface area contributed by atoms with E-state index in [1.165, 1.54) is 0 Å². The zero-order valence-corrected chi connectivity index (χ0v) is 16.8. The van der Waals surface area contributed by atoms with Crippen LogP contribution in [-0.2, 0) is 24.1 Å². The quantitative estimate of drug-likeness (QED) is 0.397. The molecule has 0 aromatic heterocycles. The summed E-state index contributed by atoms with van der Waals surface area (Å²) in [5, 5.41) is 0.957. The summed E-state index contributed by atoms with van der Waals surface area (Å²) >= 11 is 0. The van der Waals surface area contributed by atoms with Gasteiger partial charge in [0.1, 0.15) is 0 Å². The molecule has 0 fully saturated rings. The summed E-state index contributed by atoms with van der Waals surface area (Å²) in [7, 11) is 2.03. The van der Waals surface area contributed by atoms with Gasteiger partial charge in [-0.15, -0.1) is 5.19 Å². The first-order valence-corrected chi connectivity index (χ1v) is 10.4. The molecule has 0 spiro atoms. The fourth-order valence-corrected chi connectivity index (χ4v) is 5.85. The Kier molecular flexibility index (Phi) is 6.79. The predicted octanol–water partition coefficient (Wildman–Crippen LogP) is 2.33. The summed E-state index contributed by atoms with van der Waals surface area (Å²) < 4.78 is 23.7. The molecule has 2 aromatic rings. The minimum absolute atomic E-state index is 0.501. The van der Waals surface area contributed by atoms with Gasteiger partial charge in [-0.2, -0.15) is 0 Å². The van der Waals surface area contributed by atoms with E-state index in [9.17, 15) is 0 Å². The third-order valence-electron chi connectivity index (χ3n) is 4.48. The first kappa shape index (κ1) is 20.4. The molecule has 2 atom stereocenters. The van der Waals surface area contributed by atoms with Crippen LogP contribution < -0.4 is 16.7 Å². The van der Waals surface area contributed by atoms with E-state index in [2.05, 4.69) is 0 Å². The highest BCUT2D eigenvalue weighted by atomic mass is 28.4. The van der Waals surface area contributed by atoms with Gasteiger partial charge in [0, 0.05) is 37.8 Å². The first-order chi connectivity index (χ1) is 12.4. The second kappa shape index (κ2) is 8.66. The van der Waals surface area contributed by atoms with Crippen molar-refractivity contribution in [3.63, 3.8) is 0 Å². The molecule has 143 valence electrons. The second-order valence-electron chi connectivity index (χ2n) is 6.20. The molecule has 0 radical (unpaired) electrons. The van der Waals surface area contributed by atoms with Crippen LogP contribution >= 0.6 is 0 Å². The number of benzene rings is 2. The molecule has 2 unspecified atom stereocenters. The third-order valence-corrected chi connectivity index (χ3v) is 7.93. The van der Waals surface area contributed by atoms with Crippen LogP contribution in [0.3, 0.4) is 0 Å². The maximum atomic E-state index is 6.61. The predicted molar refractivity (Wildman–Crippen MR) is 106 cm³/mol. The van der Waals surface area contributed by atoms with Gasteiger partial charge in [0.05, 0.1) is 0 Å². The van der Waals surface area contributed by atoms with Crippen LogP contribution in [0.15, 0.2) is 48.5 Å². The van der Waals surface area contributed by atoms with Gasteiger partial charge in [-0.25, -0.2) is 0 Å². The number of rotatable bonds is 9. The smallest absolute Gasteiger partial charge is 0.162 e. The molecular formula is C19H28N2O4Si-. The minimum atomic E-state index is -2.89. The van der Waals surface area contributed by atoms with Gasteiger partial charge < -0.3 is 29.8 Å². The Morgan fingerprint density at radius 1 is 0.962 bits per heavy atom. The Balaban J connectivity index is 2.48. The van der Waals surface area contributed by atoms with Gasteiger partial charge in [-0.3, -0.25) is 0 Å². The van der Waals surface area contributed by atoms with Crippen molar-refractivity contribution in [1.82, 2.24) is 0 Å². The lowest BCUT2D eigenvalue weighted by Gasteiger charge is -2.50. The van der Waals surface area contributed by atoms with Crippen LogP contribution in [0.5, 0.6) is 0 Å². The summed E-state index contributed by atoms with van der Waals surface area (Å²) in [4.78, 5) is 0. The van der Waals surface area contributed by atoms with Crippen LogP contribution in [0.25, 0.3) is 0 Å². The van der Waals surface area contributed by atoms with E-state index in [-0.39, 0.29) is 0 Å². The molecule has 2 aromatic carbocycles. The number of nitrogens with two attached hydrogens (primary N) is 2. The molecule has 0 aliphatic carbocycles. The summed E-state index contributed by atoms with van der Waals surface area (Å²) in [6, 6.07) is 15.6. The highest BCUT2D eigenvalue weighted by Crippen LogP contribution is 2.32. The first-order valence-electron chi connectivity index (χ1n) is 8.40. The number of hydrogen-bond donors (Lipinski definition) is 2. The van der Waals surface area contributed by atoms with Gasteiger partial charge in [-0.05, 0) is 38.3 Å². The van der Waals surface area contributed by atoms with E-state index in [1.54, 1.807) is 21.3 Å². The molecule has 0 saturated heterocycles. The minimum Gasteiger partial charge on any atom is -0.544 e. The lowest BCUT2D eigenvalue weighted by atomic mass is 10.1.